The maximum absolute atomic E-state index is 12.6. The van der Waals surface area contributed by atoms with E-state index in [9.17, 15) is 29.1 Å². The van der Waals surface area contributed by atoms with Crippen molar-refractivity contribution in [1.29, 1.82) is 0 Å². The van der Waals surface area contributed by atoms with Gasteiger partial charge in [-0.05, 0) is 6.92 Å². The number of aliphatic hydroxyl groups excluding tert-OH is 1. The van der Waals surface area contributed by atoms with Crippen molar-refractivity contribution < 1.29 is 34.2 Å². The van der Waals surface area contributed by atoms with Crippen molar-refractivity contribution in [3.8, 4) is 0 Å². The van der Waals surface area contributed by atoms with E-state index >= 15 is 0 Å². The van der Waals surface area contributed by atoms with Gasteiger partial charge in [-0.1, -0.05) is 0 Å². The van der Waals surface area contributed by atoms with Crippen LogP contribution in [0.25, 0.3) is 0 Å². The molecule has 166 valence electrons. The normalized spacial score (nSPS) is 14.6. The fourth-order valence-electron chi connectivity index (χ4n) is 2.40. The van der Waals surface area contributed by atoms with E-state index in [4.69, 9.17) is 16.6 Å². The summed E-state index contributed by atoms with van der Waals surface area (Å²) >= 11 is 0. The van der Waals surface area contributed by atoms with Crippen LogP contribution in [0.5, 0.6) is 0 Å². The van der Waals surface area contributed by atoms with Gasteiger partial charge in [-0.25, -0.2) is 9.78 Å². The summed E-state index contributed by atoms with van der Waals surface area (Å²) in [6.45, 7) is 0.820. The van der Waals surface area contributed by atoms with Crippen molar-refractivity contribution in [1.82, 2.24) is 25.9 Å². The molecule has 0 aromatic carbocycles. The molecule has 30 heavy (non-hydrogen) atoms. The van der Waals surface area contributed by atoms with Gasteiger partial charge in [0.25, 0.3) is 0 Å². The number of aromatic amines is 1. The van der Waals surface area contributed by atoms with Gasteiger partial charge in [0.15, 0.2) is 0 Å². The fraction of sp³-hybridized carbons (Fsp3) is 0.500. The second-order valence-corrected chi connectivity index (χ2v) is 6.40. The minimum absolute atomic E-state index is 0.127. The largest absolute Gasteiger partial charge is 0.480 e. The summed E-state index contributed by atoms with van der Waals surface area (Å²) in [5.41, 5.74) is 10.6. The number of nitrogens with zero attached hydrogens (tertiary/aromatic N) is 1. The topological polar surface area (TPSA) is 243 Å². The number of imidazole rings is 1. The van der Waals surface area contributed by atoms with Crippen molar-refractivity contribution in [3.63, 3.8) is 0 Å². The second-order valence-electron chi connectivity index (χ2n) is 6.40. The molecule has 1 aromatic rings. The molecular weight excluding hydrogens is 402 g/mol. The number of aliphatic carboxylic acids is 1. The number of carboxylic acid groups (broad SMARTS) is 1. The van der Waals surface area contributed by atoms with Gasteiger partial charge < -0.3 is 42.6 Å². The molecule has 0 aliphatic rings. The third kappa shape index (κ3) is 7.84. The average Bonchev–Trinajstić information content (AvgIpc) is 3.16. The summed E-state index contributed by atoms with van der Waals surface area (Å²) in [7, 11) is 0. The number of carbonyl (C=O) groups excluding carboxylic acids is 4. The monoisotopic (exact) mass is 427 g/mol. The van der Waals surface area contributed by atoms with E-state index in [0.717, 1.165) is 0 Å². The van der Waals surface area contributed by atoms with Crippen LogP contribution in [0.3, 0.4) is 0 Å². The van der Waals surface area contributed by atoms with Crippen LogP contribution in [0.2, 0.25) is 0 Å². The first-order valence-electron chi connectivity index (χ1n) is 8.81. The van der Waals surface area contributed by atoms with E-state index in [1.54, 1.807) is 0 Å². The number of hydrogen-bond acceptors (Lipinski definition) is 8. The van der Waals surface area contributed by atoms with E-state index in [0.29, 0.717) is 5.69 Å². The number of aliphatic hydroxyl groups is 1. The van der Waals surface area contributed by atoms with Gasteiger partial charge in [0, 0.05) is 18.3 Å². The number of amides is 4. The summed E-state index contributed by atoms with van der Waals surface area (Å²) < 4.78 is 0. The predicted octanol–water partition coefficient (Wildman–Crippen LogP) is -4.29. The molecule has 1 aromatic heterocycles. The van der Waals surface area contributed by atoms with Crippen LogP contribution in [-0.4, -0.2) is 80.6 Å². The molecule has 0 fully saturated rings. The highest BCUT2D eigenvalue weighted by Crippen LogP contribution is 2.03. The molecule has 14 nitrogen and oxygen atoms in total. The van der Waals surface area contributed by atoms with E-state index in [-0.39, 0.29) is 6.42 Å². The number of nitrogens with two attached hydrogens (primary N) is 2. The molecule has 0 radical (unpaired) electrons. The molecule has 14 heteroatoms. The van der Waals surface area contributed by atoms with Crippen molar-refractivity contribution >= 4 is 29.6 Å². The van der Waals surface area contributed by atoms with E-state index < -0.39 is 66.8 Å². The Kier molecular flexibility index (Phi) is 9.38. The van der Waals surface area contributed by atoms with Crippen LogP contribution in [0.15, 0.2) is 12.5 Å². The lowest BCUT2D eigenvalue weighted by atomic mass is 10.1. The summed E-state index contributed by atoms with van der Waals surface area (Å²) in [5, 5.41) is 25.6. The summed E-state index contributed by atoms with van der Waals surface area (Å²) in [5.74, 6) is -4.99. The first kappa shape index (κ1) is 24.5. The number of nitrogens with one attached hydrogen (secondary N) is 4. The van der Waals surface area contributed by atoms with Crippen molar-refractivity contribution in [3.05, 3.63) is 18.2 Å². The molecule has 0 bridgehead atoms. The molecular formula is C16H25N7O7. The second kappa shape index (κ2) is 11.5. The first-order chi connectivity index (χ1) is 14.0. The van der Waals surface area contributed by atoms with Crippen molar-refractivity contribution in [2.45, 2.75) is 44.0 Å². The lowest BCUT2D eigenvalue weighted by Gasteiger charge is -2.25. The molecule has 4 atom stereocenters. The average molecular weight is 427 g/mol. The Bertz CT molecular complexity index is 766. The SMILES string of the molecule is CC(O)C(NC(=O)CN)C(=O)NC(Cc1cnc[nH]1)C(=O)NC(CC(N)=O)C(=O)O. The standard InChI is InChI=1S/C16H25N7O7/c1-7(24)13(23-12(26)4-17)15(28)21-9(2-8-5-19-6-20-8)14(27)22-10(16(29)30)3-11(18)25/h5-7,9-10,13,24H,2-4,17H2,1H3,(H2,18,25)(H,19,20)(H,21,28)(H,22,27)(H,23,26)(H,29,30). The minimum Gasteiger partial charge on any atom is -0.480 e. The van der Waals surface area contributed by atoms with Crippen molar-refractivity contribution in [2.75, 3.05) is 6.54 Å². The molecule has 1 rings (SSSR count). The fourth-order valence-corrected chi connectivity index (χ4v) is 2.40. The van der Waals surface area contributed by atoms with Gasteiger partial charge in [-0.2, -0.15) is 0 Å². The quantitative estimate of drug-likeness (QED) is 0.161. The zero-order valence-electron chi connectivity index (χ0n) is 16.1. The van der Waals surface area contributed by atoms with Crippen LogP contribution in [0.4, 0.5) is 0 Å². The molecule has 0 aliphatic carbocycles. The molecule has 1 heterocycles. The highest BCUT2D eigenvalue weighted by Gasteiger charge is 2.32. The molecule has 0 saturated carbocycles. The number of carboxylic acids is 1. The van der Waals surface area contributed by atoms with Crippen LogP contribution in [-0.2, 0) is 30.4 Å². The summed E-state index contributed by atoms with van der Waals surface area (Å²) in [6, 6.07) is -4.36. The molecule has 0 spiro atoms. The third-order valence-electron chi connectivity index (χ3n) is 3.90. The number of primary amides is 1. The van der Waals surface area contributed by atoms with Crippen LogP contribution in [0.1, 0.15) is 19.0 Å². The smallest absolute Gasteiger partial charge is 0.326 e. The van der Waals surface area contributed by atoms with Gasteiger partial charge in [0.05, 0.1) is 25.4 Å². The Morgan fingerprint density at radius 2 is 1.77 bits per heavy atom. The number of aromatic nitrogens is 2. The lowest BCUT2D eigenvalue weighted by molar-refractivity contribution is -0.143. The van der Waals surface area contributed by atoms with Gasteiger partial charge >= 0.3 is 5.97 Å². The highest BCUT2D eigenvalue weighted by atomic mass is 16.4. The lowest BCUT2D eigenvalue weighted by Crippen LogP contribution is -2.59. The van der Waals surface area contributed by atoms with E-state index in [2.05, 4.69) is 25.9 Å². The number of carbonyl (C=O) groups is 5. The maximum atomic E-state index is 12.6. The Balaban J connectivity index is 3.02. The summed E-state index contributed by atoms with van der Waals surface area (Å²) in [6.07, 6.45) is 0.608. The third-order valence-corrected chi connectivity index (χ3v) is 3.90. The van der Waals surface area contributed by atoms with E-state index in [1.807, 2.05) is 0 Å². The molecule has 0 aliphatic heterocycles. The number of H-pyrrole nitrogens is 1. The van der Waals surface area contributed by atoms with Gasteiger partial charge in [0.2, 0.25) is 23.6 Å². The van der Waals surface area contributed by atoms with Crippen LogP contribution in [0, 0.1) is 0 Å². The molecule has 0 saturated heterocycles. The Morgan fingerprint density at radius 3 is 2.23 bits per heavy atom. The molecule has 10 N–H and O–H groups in total. The highest BCUT2D eigenvalue weighted by molar-refractivity contribution is 5.94. The minimum atomic E-state index is -1.61. The Hall–Kier alpha value is -3.52. The van der Waals surface area contributed by atoms with E-state index in [1.165, 1.54) is 19.4 Å². The zero-order chi connectivity index (χ0) is 22.8. The van der Waals surface area contributed by atoms with Crippen LogP contribution < -0.4 is 27.4 Å². The zero-order valence-corrected chi connectivity index (χ0v) is 16.1. The first-order valence-corrected chi connectivity index (χ1v) is 8.81. The van der Waals surface area contributed by atoms with Crippen molar-refractivity contribution in [2.24, 2.45) is 11.5 Å². The molecule has 4 amide bonds. The van der Waals surface area contributed by atoms with Gasteiger partial charge in [-0.15, -0.1) is 0 Å². The summed E-state index contributed by atoms with van der Waals surface area (Å²) in [4.78, 5) is 65.5. The molecule has 4 unspecified atom stereocenters. The Morgan fingerprint density at radius 1 is 1.13 bits per heavy atom. The van der Waals surface area contributed by atoms with Gasteiger partial charge in [-0.3, -0.25) is 19.2 Å². The number of hydrogen-bond donors (Lipinski definition) is 8. The van der Waals surface area contributed by atoms with Gasteiger partial charge in [0.1, 0.15) is 18.1 Å². The Labute approximate surface area is 170 Å². The van der Waals surface area contributed by atoms with Crippen LogP contribution >= 0.6 is 0 Å². The predicted molar refractivity (Wildman–Crippen MR) is 100 cm³/mol. The number of rotatable bonds is 12. The maximum Gasteiger partial charge on any atom is 0.326 e.